The van der Waals surface area contributed by atoms with Crippen LogP contribution < -0.4 is 5.32 Å². The summed E-state index contributed by atoms with van der Waals surface area (Å²) in [5.41, 5.74) is 4.45. The SMILES string of the molecule is O=C(NCCCCO)OC(=O)OCC1c2ccccc2-c2ccccc21. The smallest absolute Gasteiger partial charge is 0.433 e. The first-order valence-electron chi connectivity index (χ1n) is 8.62. The van der Waals surface area contributed by atoms with Crippen LogP contribution in [0.1, 0.15) is 29.9 Å². The highest BCUT2D eigenvalue weighted by molar-refractivity contribution is 5.81. The van der Waals surface area contributed by atoms with E-state index >= 15 is 0 Å². The molecule has 0 aromatic heterocycles. The first-order valence-corrected chi connectivity index (χ1v) is 8.62. The minimum Gasteiger partial charge on any atom is -0.433 e. The summed E-state index contributed by atoms with van der Waals surface area (Å²) in [6.07, 6.45) is -0.687. The highest BCUT2D eigenvalue weighted by Crippen LogP contribution is 2.44. The molecule has 2 aromatic carbocycles. The van der Waals surface area contributed by atoms with Gasteiger partial charge in [0.1, 0.15) is 6.61 Å². The fourth-order valence-corrected chi connectivity index (χ4v) is 3.16. The zero-order valence-corrected chi connectivity index (χ0v) is 14.3. The van der Waals surface area contributed by atoms with E-state index in [9.17, 15) is 9.59 Å². The summed E-state index contributed by atoms with van der Waals surface area (Å²) in [5.74, 6) is -0.0810. The maximum atomic E-state index is 11.8. The van der Waals surface area contributed by atoms with Gasteiger partial charge in [-0.15, -0.1) is 0 Å². The van der Waals surface area contributed by atoms with Crippen molar-refractivity contribution in [2.24, 2.45) is 0 Å². The summed E-state index contributed by atoms with van der Waals surface area (Å²) < 4.78 is 9.77. The Morgan fingerprint density at radius 3 is 2.19 bits per heavy atom. The molecule has 0 fully saturated rings. The molecule has 6 heteroatoms. The van der Waals surface area contributed by atoms with E-state index in [-0.39, 0.29) is 19.1 Å². The molecule has 2 aromatic rings. The third-order valence-corrected chi connectivity index (χ3v) is 4.36. The van der Waals surface area contributed by atoms with Gasteiger partial charge in [0.2, 0.25) is 0 Å². The van der Waals surface area contributed by atoms with Crippen LogP contribution in [0.3, 0.4) is 0 Å². The fraction of sp³-hybridized carbons (Fsp3) is 0.300. The van der Waals surface area contributed by atoms with Crippen LogP contribution in [0.4, 0.5) is 9.59 Å². The summed E-state index contributed by atoms with van der Waals surface area (Å²) in [6, 6.07) is 16.0. The maximum absolute atomic E-state index is 11.8. The quantitative estimate of drug-likeness (QED) is 0.471. The van der Waals surface area contributed by atoms with Crippen LogP contribution in [0.15, 0.2) is 48.5 Å². The molecule has 0 spiro atoms. The second-order valence-corrected chi connectivity index (χ2v) is 6.04. The lowest BCUT2D eigenvalue weighted by Crippen LogP contribution is -2.28. The van der Waals surface area contributed by atoms with Gasteiger partial charge in [-0.25, -0.2) is 9.59 Å². The van der Waals surface area contributed by atoms with E-state index in [0.717, 1.165) is 22.3 Å². The van der Waals surface area contributed by atoms with Gasteiger partial charge in [0.25, 0.3) is 0 Å². The van der Waals surface area contributed by atoms with E-state index in [4.69, 9.17) is 9.84 Å². The van der Waals surface area contributed by atoms with Crippen molar-refractivity contribution in [3.05, 3.63) is 59.7 Å². The minimum absolute atomic E-state index is 0.0586. The van der Waals surface area contributed by atoms with Crippen LogP contribution in [-0.2, 0) is 9.47 Å². The normalized spacial score (nSPS) is 12.2. The zero-order chi connectivity index (χ0) is 18.4. The van der Waals surface area contributed by atoms with Crippen molar-refractivity contribution >= 4 is 12.2 Å². The first kappa shape index (κ1) is 17.9. The summed E-state index contributed by atoms with van der Waals surface area (Å²) >= 11 is 0. The van der Waals surface area contributed by atoms with Gasteiger partial charge in [-0.1, -0.05) is 48.5 Å². The molecule has 0 heterocycles. The molecule has 0 saturated heterocycles. The van der Waals surface area contributed by atoms with Crippen molar-refractivity contribution in [3.63, 3.8) is 0 Å². The third-order valence-electron chi connectivity index (χ3n) is 4.36. The second-order valence-electron chi connectivity index (χ2n) is 6.04. The van der Waals surface area contributed by atoms with E-state index in [0.29, 0.717) is 19.4 Å². The number of aliphatic hydroxyl groups excluding tert-OH is 1. The van der Waals surface area contributed by atoms with Gasteiger partial charge in [-0.05, 0) is 35.1 Å². The average Bonchev–Trinajstić information content (AvgIpc) is 2.98. The number of aliphatic hydroxyl groups is 1. The Bertz CT molecular complexity index is 744. The summed E-state index contributed by atoms with van der Waals surface area (Å²) in [6.45, 7) is 0.490. The molecule has 0 unspecified atom stereocenters. The Balaban J connectivity index is 1.56. The fourth-order valence-electron chi connectivity index (χ4n) is 3.16. The Morgan fingerprint density at radius 2 is 1.58 bits per heavy atom. The number of hydrogen-bond donors (Lipinski definition) is 2. The van der Waals surface area contributed by atoms with E-state index in [2.05, 4.69) is 10.1 Å². The number of alkyl carbamates (subject to hydrolysis) is 1. The lowest BCUT2D eigenvalue weighted by Gasteiger charge is -2.13. The molecule has 0 atom stereocenters. The molecule has 1 aliphatic carbocycles. The van der Waals surface area contributed by atoms with Gasteiger partial charge >= 0.3 is 12.2 Å². The van der Waals surface area contributed by atoms with Crippen molar-refractivity contribution in [1.82, 2.24) is 5.32 Å². The predicted molar refractivity (Wildman–Crippen MR) is 95.9 cm³/mol. The maximum Gasteiger partial charge on any atom is 0.517 e. The largest absolute Gasteiger partial charge is 0.517 e. The van der Waals surface area contributed by atoms with Gasteiger partial charge in [0.05, 0.1) is 0 Å². The van der Waals surface area contributed by atoms with Crippen LogP contribution in [0.5, 0.6) is 0 Å². The van der Waals surface area contributed by atoms with Gasteiger partial charge in [0.15, 0.2) is 0 Å². The summed E-state index contributed by atoms with van der Waals surface area (Å²) in [7, 11) is 0. The Labute approximate surface area is 151 Å². The molecule has 0 saturated carbocycles. The molecule has 0 radical (unpaired) electrons. The number of carbonyl (C=O) groups excluding carboxylic acids is 2. The van der Waals surface area contributed by atoms with Crippen LogP contribution in [-0.4, -0.2) is 37.1 Å². The number of hydrogen-bond acceptors (Lipinski definition) is 5. The van der Waals surface area contributed by atoms with E-state index in [1.807, 2.05) is 48.5 Å². The molecule has 26 heavy (non-hydrogen) atoms. The number of benzene rings is 2. The van der Waals surface area contributed by atoms with Gasteiger partial charge in [0, 0.05) is 19.1 Å². The first-order chi connectivity index (χ1) is 12.7. The van der Waals surface area contributed by atoms with E-state index in [1.165, 1.54) is 0 Å². The molecule has 6 nitrogen and oxygen atoms in total. The van der Waals surface area contributed by atoms with Crippen LogP contribution >= 0.6 is 0 Å². The molecule has 0 bridgehead atoms. The molecule has 3 rings (SSSR count). The molecule has 0 aliphatic heterocycles. The van der Waals surface area contributed by atoms with E-state index < -0.39 is 12.2 Å². The van der Waals surface area contributed by atoms with Crippen molar-refractivity contribution in [2.45, 2.75) is 18.8 Å². The number of ether oxygens (including phenoxy) is 2. The highest BCUT2D eigenvalue weighted by atomic mass is 16.7. The lowest BCUT2D eigenvalue weighted by atomic mass is 9.98. The molecule has 136 valence electrons. The van der Waals surface area contributed by atoms with Gasteiger partial charge < -0.3 is 19.9 Å². The number of amides is 1. The Hall–Kier alpha value is -2.86. The van der Waals surface area contributed by atoms with Gasteiger partial charge in [-0.2, -0.15) is 0 Å². The van der Waals surface area contributed by atoms with Crippen LogP contribution in [0.25, 0.3) is 11.1 Å². The van der Waals surface area contributed by atoms with Crippen LogP contribution in [0, 0.1) is 0 Å². The number of unbranched alkanes of at least 4 members (excludes halogenated alkanes) is 1. The van der Waals surface area contributed by atoms with Crippen molar-refractivity contribution in [1.29, 1.82) is 0 Å². The molecular weight excluding hydrogens is 334 g/mol. The van der Waals surface area contributed by atoms with Crippen molar-refractivity contribution < 1.29 is 24.2 Å². The summed E-state index contributed by atoms with van der Waals surface area (Å²) in [4.78, 5) is 23.3. The zero-order valence-electron chi connectivity index (χ0n) is 14.3. The number of carbonyl (C=O) groups is 2. The number of rotatable bonds is 6. The number of nitrogens with one attached hydrogen (secondary N) is 1. The molecule has 1 amide bonds. The summed E-state index contributed by atoms with van der Waals surface area (Å²) in [5, 5.41) is 11.1. The van der Waals surface area contributed by atoms with E-state index in [1.54, 1.807) is 0 Å². The van der Waals surface area contributed by atoms with Crippen LogP contribution in [0.2, 0.25) is 0 Å². The second kappa shape index (κ2) is 8.49. The van der Waals surface area contributed by atoms with Crippen molar-refractivity contribution in [2.75, 3.05) is 19.8 Å². The topological polar surface area (TPSA) is 84.9 Å². The standard InChI is InChI=1S/C20H21NO5/c22-12-6-5-11-21-19(23)26-20(24)25-13-18-16-9-3-1-7-14(16)15-8-2-4-10-17(15)18/h1-4,7-10,18,22H,5-6,11-13H2,(H,21,23). The predicted octanol–water partition coefficient (Wildman–Crippen LogP) is 3.43. The number of fused-ring (bicyclic) bond motifs is 3. The third kappa shape index (κ3) is 4.03. The van der Waals surface area contributed by atoms with Gasteiger partial charge in [-0.3, -0.25) is 0 Å². The lowest BCUT2D eigenvalue weighted by molar-refractivity contribution is 0.0730. The monoisotopic (exact) mass is 355 g/mol. The average molecular weight is 355 g/mol. The Morgan fingerprint density at radius 1 is 0.962 bits per heavy atom. The molecule has 2 N–H and O–H groups in total. The highest BCUT2D eigenvalue weighted by Gasteiger charge is 2.29. The molecular formula is C20H21NO5. The minimum atomic E-state index is -1.02. The molecule has 1 aliphatic rings. The Kier molecular flexibility index (Phi) is 5.86. The van der Waals surface area contributed by atoms with Crippen molar-refractivity contribution in [3.8, 4) is 11.1 Å².